The Labute approximate surface area is 285 Å². The van der Waals surface area contributed by atoms with Crippen LogP contribution in [0.4, 0.5) is 4.79 Å². The molecule has 266 valence electrons. The molecule has 4 rings (SSSR count). The third kappa shape index (κ3) is 9.70. The van der Waals surface area contributed by atoms with E-state index in [0.29, 0.717) is 6.42 Å². The van der Waals surface area contributed by atoms with Crippen LogP contribution in [0.1, 0.15) is 103 Å². The minimum Gasteiger partial charge on any atom is -0.465 e. The van der Waals surface area contributed by atoms with Crippen LogP contribution < -0.4 is 16.0 Å². The monoisotopic (exact) mass is 669 g/mol. The van der Waals surface area contributed by atoms with Gasteiger partial charge in [-0.05, 0) is 90.2 Å². The molecule has 12 heteroatoms. The van der Waals surface area contributed by atoms with Gasteiger partial charge in [-0.3, -0.25) is 24.1 Å². The van der Waals surface area contributed by atoms with Crippen LogP contribution in [0.5, 0.6) is 0 Å². The van der Waals surface area contributed by atoms with E-state index < -0.39 is 41.7 Å². The van der Waals surface area contributed by atoms with Crippen LogP contribution >= 0.6 is 0 Å². The summed E-state index contributed by atoms with van der Waals surface area (Å²) in [7, 11) is 1.50. The Bertz CT molecular complexity index is 1310. The predicted molar refractivity (Wildman–Crippen MR) is 181 cm³/mol. The number of likely N-dealkylation sites (N-methyl/N-ethyl adjacent to an activating group) is 1. The Kier molecular flexibility index (Phi) is 12.9. The van der Waals surface area contributed by atoms with Gasteiger partial charge in [-0.25, -0.2) is 4.79 Å². The molecule has 0 aromatic heterocycles. The second-order valence-corrected chi connectivity index (χ2v) is 14.4. The van der Waals surface area contributed by atoms with E-state index in [2.05, 4.69) is 22.0 Å². The Balaban J connectivity index is 1.56. The Morgan fingerprint density at radius 2 is 1.73 bits per heavy atom. The minimum absolute atomic E-state index is 0.0395. The molecular formula is C36H55N5O7. The number of carbonyl (C=O) groups is 5. The quantitative estimate of drug-likeness (QED) is 0.303. The van der Waals surface area contributed by atoms with Crippen molar-refractivity contribution in [1.82, 2.24) is 25.8 Å². The molecule has 1 aliphatic heterocycles. The Morgan fingerprint density at radius 3 is 2.42 bits per heavy atom. The maximum atomic E-state index is 14.6. The summed E-state index contributed by atoms with van der Waals surface area (Å²) >= 11 is 0. The number of benzene rings is 1. The van der Waals surface area contributed by atoms with Crippen molar-refractivity contribution in [1.29, 1.82) is 0 Å². The van der Waals surface area contributed by atoms with E-state index in [1.54, 1.807) is 39.5 Å². The maximum absolute atomic E-state index is 14.6. The molecule has 5 atom stereocenters. The summed E-state index contributed by atoms with van der Waals surface area (Å²) in [6, 6.07) is 5.06. The smallest absolute Gasteiger partial charge is 0.410 e. The van der Waals surface area contributed by atoms with Crippen LogP contribution in [0.25, 0.3) is 0 Å². The number of esters is 1. The van der Waals surface area contributed by atoms with Crippen LogP contribution in [-0.2, 0) is 35.1 Å². The summed E-state index contributed by atoms with van der Waals surface area (Å²) < 4.78 is 10.5. The van der Waals surface area contributed by atoms with E-state index in [9.17, 15) is 24.0 Å². The van der Waals surface area contributed by atoms with Gasteiger partial charge in [-0.2, -0.15) is 0 Å². The van der Waals surface area contributed by atoms with Gasteiger partial charge >= 0.3 is 12.1 Å². The fraction of sp³-hybridized carbons (Fsp3) is 0.694. The molecule has 0 unspecified atom stereocenters. The molecule has 2 aliphatic carbocycles. The highest BCUT2D eigenvalue weighted by Gasteiger charge is 2.45. The van der Waals surface area contributed by atoms with Crippen LogP contribution in [0.3, 0.4) is 0 Å². The number of hydrogen-bond acceptors (Lipinski definition) is 8. The minimum atomic E-state index is -0.901. The van der Waals surface area contributed by atoms with E-state index in [1.807, 2.05) is 18.2 Å². The van der Waals surface area contributed by atoms with Gasteiger partial charge in [-0.15, -0.1) is 0 Å². The second-order valence-electron chi connectivity index (χ2n) is 14.4. The number of nitrogens with zero attached hydrogens (tertiary/aromatic N) is 2. The number of hydrogen-bond donors (Lipinski definition) is 3. The molecule has 1 aromatic rings. The van der Waals surface area contributed by atoms with E-state index >= 15 is 0 Å². The van der Waals surface area contributed by atoms with Crippen LogP contribution in [0.2, 0.25) is 0 Å². The van der Waals surface area contributed by atoms with Crippen molar-refractivity contribution in [2.24, 2.45) is 5.92 Å². The number of fused-ring (bicyclic) bond motifs is 1. The fourth-order valence-corrected chi connectivity index (χ4v) is 7.06. The first kappa shape index (κ1) is 37.2. The van der Waals surface area contributed by atoms with Crippen molar-refractivity contribution in [3.63, 3.8) is 0 Å². The van der Waals surface area contributed by atoms with E-state index in [-0.39, 0.29) is 49.5 Å². The molecule has 48 heavy (non-hydrogen) atoms. The molecule has 0 bridgehead atoms. The van der Waals surface area contributed by atoms with Crippen LogP contribution in [0, 0.1) is 5.92 Å². The molecule has 3 N–H and O–H groups in total. The van der Waals surface area contributed by atoms with Crippen molar-refractivity contribution in [3.05, 3.63) is 35.4 Å². The van der Waals surface area contributed by atoms with E-state index in [4.69, 9.17) is 9.47 Å². The lowest BCUT2D eigenvalue weighted by molar-refractivity contribution is -0.143. The molecule has 1 saturated heterocycles. The summed E-state index contributed by atoms with van der Waals surface area (Å²) in [5.74, 6) is -1.57. The molecule has 1 saturated carbocycles. The second kappa shape index (κ2) is 16.6. The number of amides is 4. The number of aryl methyl sites for hydroxylation is 1. The number of ether oxygens (including phenoxy) is 2. The largest absolute Gasteiger partial charge is 0.465 e. The number of likely N-dealkylation sites (tertiary alicyclic amines) is 1. The first-order valence-electron chi connectivity index (χ1n) is 17.6. The maximum Gasteiger partial charge on any atom is 0.410 e. The first-order valence-corrected chi connectivity index (χ1v) is 17.6. The first-order chi connectivity index (χ1) is 22.8. The van der Waals surface area contributed by atoms with Gasteiger partial charge in [-0.1, -0.05) is 43.5 Å². The van der Waals surface area contributed by atoms with E-state index in [1.165, 1.54) is 17.5 Å². The Hall–Kier alpha value is -3.67. The van der Waals surface area contributed by atoms with Crippen LogP contribution in [-0.4, -0.2) is 96.1 Å². The zero-order valence-electron chi connectivity index (χ0n) is 29.5. The highest BCUT2D eigenvalue weighted by Crippen LogP contribution is 2.32. The summed E-state index contributed by atoms with van der Waals surface area (Å²) in [6.07, 6.45) is 6.85. The normalized spacial score (nSPS) is 22.5. The van der Waals surface area contributed by atoms with Gasteiger partial charge in [0, 0.05) is 19.6 Å². The molecule has 0 spiro atoms. The topological polar surface area (TPSA) is 146 Å². The van der Waals surface area contributed by atoms with Crippen molar-refractivity contribution in [3.8, 4) is 0 Å². The molecule has 2 fully saturated rings. The van der Waals surface area contributed by atoms with Gasteiger partial charge in [0.15, 0.2) is 0 Å². The van der Waals surface area contributed by atoms with Gasteiger partial charge < -0.3 is 30.3 Å². The third-order valence-corrected chi connectivity index (χ3v) is 9.74. The molecule has 1 aromatic carbocycles. The lowest BCUT2D eigenvalue weighted by Gasteiger charge is -2.36. The fourth-order valence-electron chi connectivity index (χ4n) is 7.06. The van der Waals surface area contributed by atoms with Crippen molar-refractivity contribution >= 4 is 29.8 Å². The summed E-state index contributed by atoms with van der Waals surface area (Å²) in [6.45, 7) is 9.03. The third-order valence-electron chi connectivity index (χ3n) is 9.74. The van der Waals surface area contributed by atoms with Gasteiger partial charge in [0.25, 0.3) is 0 Å². The SMILES string of the molecule is CCOC(=O)CN[C@H]1C[C@@H](C(=O)N[C@@H]2CCCc3ccccc32)N(C(=O)[C@@H](NC(=O)[C@H](C)N(C)C(=O)OC(C)(C)C)C2CCCCC2)C1. The zero-order valence-corrected chi connectivity index (χ0v) is 29.5. The molecule has 4 amide bonds. The summed E-state index contributed by atoms with van der Waals surface area (Å²) in [5, 5.41) is 9.41. The standard InChI is InChI=1S/C36H55N5O7/c1-7-47-30(42)21-37-26-20-29(33(44)38-28-19-13-17-24-14-11-12-18-27(24)28)41(22-26)34(45)31(25-15-9-8-10-16-25)39-32(43)23(2)40(6)35(46)48-36(3,4)5/h11-12,14,18,23,25-26,28-29,31,37H,7-10,13,15-17,19-22H2,1-6H3,(H,38,44)(H,39,43)/t23-,26-,28+,29-,31-/m0/s1. The lowest BCUT2D eigenvalue weighted by atomic mass is 9.83. The number of carbonyl (C=O) groups excluding carboxylic acids is 5. The molecule has 0 radical (unpaired) electrons. The van der Waals surface area contributed by atoms with Gasteiger partial charge in [0.05, 0.1) is 19.2 Å². The highest BCUT2D eigenvalue weighted by atomic mass is 16.6. The Morgan fingerprint density at radius 1 is 1.02 bits per heavy atom. The molecule has 1 heterocycles. The summed E-state index contributed by atoms with van der Waals surface area (Å²) in [5.41, 5.74) is 1.58. The molecule has 3 aliphatic rings. The number of nitrogens with one attached hydrogen (secondary N) is 3. The average Bonchev–Trinajstić information content (AvgIpc) is 3.50. The summed E-state index contributed by atoms with van der Waals surface area (Å²) in [4.78, 5) is 70.0. The van der Waals surface area contributed by atoms with Crippen LogP contribution in [0.15, 0.2) is 24.3 Å². The van der Waals surface area contributed by atoms with Crippen molar-refractivity contribution in [2.45, 2.75) is 128 Å². The zero-order chi connectivity index (χ0) is 35.0. The lowest BCUT2D eigenvalue weighted by Crippen LogP contribution is -2.59. The molecule has 12 nitrogen and oxygen atoms in total. The van der Waals surface area contributed by atoms with Crippen molar-refractivity contribution in [2.75, 3.05) is 26.7 Å². The van der Waals surface area contributed by atoms with Gasteiger partial charge in [0.1, 0.15) is 23.7 Å². The molecular weight excluding hydrogens is 614 g/mol. The highest BCUT2D eigenvalue weighted by molar-refractivity contribution is 5.94. The van der Waals surface area contributed by atoms with Crippen molar-refractivity contribution < 1.29 is 33.4 Å². The number of rotatable bonds is 11. The average molecular weight is 670 g/mol. The van der Waals surface area contributed by atoms with E-state index in [0.717, 1.165) is 56.9 Å². The van der Waals surface area contributed by atoms with Gasteiger partial charge in [0.2, 0.25) is 17.7 Å². The predicted octanol–water partition coefficient (Wildman–Crippen LogP) is 3.62.